The van der Waals surface area contributed by atoms with Crippen LogP contribution in [0.25, 0.3) is 0 Å². The third-order valence-corrected chi connectivity index (χ3v) is 7.03. The molecule has 1 heterocycles. The second kappa shape index (κ2) is 15.9. The monoisotopic (exact) mass is 502 g/mol. The van der Waals surface area contributed by atoms with Crippen LogP contribution in [-0.4, -0.2) is 49.2 Å². The lowest BCUT2D eigenvalue weighted by Gasteiger charge is -2.25. The van der Waals surface area contributed by atoms with Gasteiger partial charge in [0.25, 0.3) is 5.91 Å². The summed E-state index contributed by atoms with van der Waals surface area (Å²) in [4.78, 5) is 39.8. The number of hydrogen-bond acceptors (Lipinski definition) is 6. The van der Waals surface area contributed by atoms with Gasteiger partial charge in [-0.05, 0) is 62.9 Å². The first-order chi connectivity index (χ1) is 17.5. The molecule has 2 N–H and O–H groups in total. The van der Waals surface area contributed by atoms with Crippen LogP contribution in [0, 0.1) is 17.2 Å². The number of likely N-dealkylation sites (N-methyl/N-ethyl adjacent to an activating group) is 1. The molecule has 2 amide bonds. The van der Waals surface area contributed by atoms with Crippen LogP contribution in [0.1, 0.15) is 86.6 Å². The fourth-order valence-electron chi connectivity index (χ4n) is 4.89. The Bertz CT molecular complexity index is 892. The summed E-state index contributed by atoms with van der Waals surface area (Å²) in [5.41, 5.74) is 1.01. The molecule has 3 aliphatic rings. The van der Waals surface area contributed by atoms with Crippen molar-refractivity contribution < 1.29 is 23.9 Å². The number of hydrogen-bond donors (Lipinski definition) is 2. The van der Waals surface area contributed by atoms with Crippen molar-refractivity contribution in [2.45, 2.75) is 89.3 Å². The van der Waals surface area contributed by atoms with Crippen LogP contribution in [0.5, 0.6) is 5.75 Å². The summed E-state index contributed by atoms with van der Waals surface area (Å²) >= 11 is 0. The van der Waals surface area contributed by atoms with Gasteiger partial charge in [0, 0.05) is 42.1 Å². The minimum absolute atomic E-state index is 0.00721. The summed E-state index contributed by atoms with van der Waals surface area (Å²) in [6.45, 7) is 0.183. The fraction of sp³-hybridized carbons (Fsp3) is 0.630. The smallest absolute Gasteiger partial charge is 0.255 e. The largest absolute Gasteiger partial charge is 0.357 e. The number of nitrogens with zero attached hydrogens (tertiary/aromatic N) is 2. The first-order valence-electron chi connectivity index (χ1n) is 12.9. The second-order valence-electron chi connectivity index (χ2n) is 9.44. The van der Waals surface area contributed by atoms with Crippen molar-refractivity contribution in [2.24, 2.45) is 5.92 Å². The van der Waals surface area contributed by atoms with Crippen LogP contribution in [-0.2, 0) is 16.1 Å². The average molecular weight is 503 g/mol. The maximum Gasteiger partial charge on any atom is 0.255 e. The van der Waals surface area contributed by atoms with Crippen LogP contribution >= 0.6 is 0 Å². The van der Waals surface area contributed by atoms with E-state index in [1.54, 1.807) is 0 Å². The highest BCUT2D eigenvalue weighted by atomic mass is 19.3. The number of fused-ring (bicyclic) bond motifs is 1. The number of nitriles is 1. The molecule has 2 saturated carbocycles. The van der Waals surface area contributed by atoms with Gasteiger partial charge in [-0.2, -0.15) is 5.26 Å². The lowest BCUT2D eigenvalue weighted by atomic mass is 9.91. The quantitative estimate of drug-likeness (QED) is 0.540. The molecule has 1 aromatic carbocycles. The average Bonchev–Trinajstić information content (AvgIpc) is 3.58. The van der Waals surface area contributed by atoms with Crippen LogP contribution in [0.4, 0.5) is 4.53 Å². The highest BCUT2D eigenvalue weighted by Gasteiger charge is 2.36. The minimum Gasteiger partial charge on any atom is -0.357 e. The summed E-state index contributed by atoms with van der Waals surface area (Å²) in [5, 5.41) is 14.2. The van der Waals surface area contributed by atoms with Gasteiger partial charge in [-0.3, -0.25) is 14.5 Å². The highest BCUT2D eigenvalue weighted by molar-refractivity contribution is 6.01. The number of nitrogens with one attached hydrogen (secondary N) is 2. The molecular formula is C27H39FN4O4. The normalized spacial score (nSPS) is 18.1. The Balaban J connectivity index is 0.000000246. The van der Waals surface area contributed by atoms with Gasteiger partial charge < -0.3 is 20.3 Å². The molecule has 1 aliphatic heterocycles. The number of halogens is 1. The molecule has 0 aromatic heterocycles. The van der Waals surface area contributed by atoms with E-state index in [2.05, 4.69) is 28.7 Å². The molecule has 0 spiro atoms. The van der Waals surface area contributed by atoms with E-state index in [1.807, 2.05) is 0 Å². The predicted octanol–water partition coefficient (Wildman–Crippen LogP) is 4.24. The van der Waals surface area contributed by atoms with E-state index < -0.39 is 6.04 Å². The van der Waals surface area contributed by atoms with E-state index in [1.165, 1.54) is 75.1 Å². The van der Waals surface area contributed by atoms with Crippen molar-refractivity contribution in [2.75, 3.05) is 14.1 Å². The number of carbonyl (C=O) groups is 3. The first-order valence-corrected chi connectivity index (χ1v) is 12.9. The van der Waals surface area contributed by atoms with Gasteiger partial charge in [0.15, 0.2) is 5.75 Å². The van der Waals surface area contributed by atoms with Gasteiger partial charge in [0.05, 0.1) is 6.07 Å². The molecule has 2 fully saturated rings. The topological polar surface area (TPSA) is 112 Å². The van der Waals surface area contributed by atoms with Gasteiger partial charge in [-0.25, -0.2) is 0 Å². The number of benzene rings is 1. The molecule has 0 radical (unpaired) electrons. The standard InChI is InChI=1S/C14H15FN2O4.C7H11N.C6H13N/c1-16-13(19)12(3-2-6-18)17-8-9-7-10(21-15)4-5-11(9)14(17)20;8-6-7-4-2-1-3-5-7;1-7-6-4-2-3-5-6/h4-7,12H,2-3,8H2,1H3,(H,16,19);7H,1-5H2;6-7H,2-5H2,1H3. The minimum atomic E-state index is -0.727. The van der Waals surface area contributed by atoms with E-state index in [9.17, 15) is 18.9 Å². The van der Waals surface area contributed by atoms with Crippen molar-refractivity contribution in [3.8, 4) is 11.8 Å². The molecule has 4 rings (SSSR count). The molecule has 1 aromatic rings. The Labute approximate surface area is 213 Å². The Morgan fingerprint density at radius 1 is 1.19 bits per heavy atom. The van der Waals surface area contributed by atoms with Gasteiger partial charge in [-0.15, -0.1) is 0 Å². The molecule has 9 heteroatoms. The Kier molecular flexibility index (Phi) is 12.9. The Hall–Kier alpha value is -2.99. The third kappa shape index (κ3) is 8.59. The summed E-state index contributed by atoms with van der Waals surface area (Å²) in [5.74, 6) is -0.244. The van der Waals surface area contributed by atoms with Gasteiger partial charge >= 0.3 is 0 Å². The molecule has 1 atom stereocenters. The van der Waals surface area contributed by atoms with Gasteiger partial charge in [0.2, 0.25) is 5.91 Å². The maximum atomic E-state index is 12.3. The van der Waals surface area contributed by atoms with Crippen LogP contribution < -0.4 is 15.6 Å². The molecule has 8 nitrogen and oxygen atoms in total. The van der Waals surface area contributed by atoms with Crippen molar-refractivity contribution >= 4 is 18.1 Å². The Morgan fingerprint density at radius 2 is 1.86 bits per heavy atom. The summed E-state index contributed by atoms with van der Waals surface area (Å²) in [6.07, 6.45) is 13.0. The van der Waals surface area contributed by atoms with Gasteiger partial charge in [0.1, 0.15) is 12.3 Å². The molecule has 0 bridgehead atoms. The van der Waals surface area contributed by atoms with Crippen LogP contribution in [0.3, 0.4) is 0 Å². The van der Waals surface area contributed by atoms with Crippen LogP contribution in [0.2, 0.25) is 0 Å². The molecule has 2 aliphatic carbocycles. The zero-order chi connectivity index (χ0) is 26.3. The van der Waals surface area contributed by atoms with Gasteiger partial charge in [-0.1, -0.05) is 32.1 Å². The zero-order valence-electron chi connectivity index (χ0n) is 21.4. The highest BCUT2D eigenvalue weighted by Crippen LogP contribution is 2.29. The van der Waals surface area contributed by atoms with E-state index in [0.717, 1.165) is 18.9 Å². The SMILES string of the molecule is CNC(=O)C(CCC=O)N1Cc2cc(OF)ccc2C1=O.CNC1CCCC1.N#CC1CCCCC1. The van der Waals surface area contributed by atoms with Crippen molar-refractivity contribution in [1.82, 2.24) is 15.5 Å². The molecular weight excluding hydrogens is 463 g/mol. The van der Waals surface area contributed by atoms with Crippen molar-refractivity contribution in [1.29, 1.82) is 5.26 Å². The molecule has 198 valence electrons. The Morgan fingerprint density at radius 3 is 2.36 bits per heavy atom. The number of aldehydes is 1. The lowest BCUT2D eigenvalue weighted by molar-refractivity contribution is -0.125. The summed E-state index contributed by atoms with van der Waals surface area (Å²) in [7, 11) is 3.52. The van der Waals surface area contributed by atoms with E-state index in [0.29, 0.717) is 23.3 Å². The lowest BCUT2D eigenvalue weighted by Crippen LogP contribution is -2.46. The van der Waals surface area contributed by atoms with Crippen molar-refractivity contribution in [3.63, 3.8) is 0 Å². The number of carbonyl (C=O) groups excluding carboxylic acids is 3. The molecule has 0 saturated heterocycles. The van der Waals surface area contributed by atoms with E-state index in [4.69, 9.17) is 5.26 Å². The van der Waals surface area contributed by atoms with Crippen LogP contribution in [0.15, 0.2) is 18.2 Å². The predicted molar refractivity (Wildman–Crippen MR) is 135 cm³/mol. The summed E-state index contributed by atoms with van der Waals surface area (Å²) in [6, 6.07) is 6.66. The molecule has 36 heavy (non-hydrogen) atoms. The van der Waals surface area contributed by atoms with Crippen molar-refractivity contribution in [3.05, 3.63) is 29.3 Å². The third-order valence-electron chi connectivity index (χ3n) is 7.03. The summed E-state index contributed by atoms with van der Waals surface area (Å²) < 4.78 is 12.2. The number of rotatable bonds is 7. The fourth-order valence-corrected chi connectivity index (χ4v) is 4.89. The van der Waals surface area contributed by atoms with E-state index in [-0.39, 0.29) is 37.0 Å². The van der Waals surface area contributed by atoms with E-state index >= 15 is 0 Å². The first kappa shape index (κ1) is 29.2. The second-order valence-corrected chi connectivity index (χ2v) is 9.44. The maximum absolute atomic E-state index is 12.3. The molecule has 1 unspecified atom stereocenters. The zero-order valence-corrected chi connectivity index (χ0v) is 21.4. The number of amides is 2.